The molecule has 0 saturated carbocycles. The largest absolute Gasteiger partial charge is 0.491 e. The molecule has 2 N–H and O–H groups in total. The predicted molar refractivity (Wildman–Crippen MR) is 84.1 cm³/mol. The molecule has 0 spiro atoms. The summed E-state index contributed by atoms with van der Waals surface area (Å²) in [6.07, 6.45) is -0.580. The summed E-state index contributed by atoms with van der Waals surface area (Å²) >= 11 is 0. The Morgan fingerprint density at radius 2 is 2.05 bits per heavy atom. The highest BCUT2D eigenvalue weighted by Gasteiger charge is 2.14. The van der Waals surface area contributed by atoms with Crippen molar-refractivity contribution in [1.29, 1.82) is 0 Å². The number of ether oxygens (including phenoxy) is 2. The van der Waals surface area contributed by atoms with Gasteiger partial charge in [-0.3, -0.25) is 0 Å². The van der Waals surface area contributed by atoms with Crippen LogP contribution in [0.4, 0.5) is 0 Å². The number of aliphatic hydroxyl groups excluding tert-OH is 1. The first kappa shape index (κ1) is 16.3. The molecular weight excluding hydrogens is 282 g/mol. The predicted octanol–water partition coefficient (Wildman–Crippen LogP) is 1.27. The second-order valence-corrected chi connectivity index (χ2v) is 5.11. The lowest BCUT2D eigenvalue weighted by Gasteiger charge is -2.13. The van der Waals surface area contributed by atoms with Gasteiger partial charge in [-0.1, -0.05) is 18.2 Å². The summed E-state index contributed by atoms with van der Waals surface area (Å²) in [5.41, 5.74) is 1.92. The van der Waals surface area contributed by atoms with Crippen molar-refractivity contribution in [3.8, 4) is 11.6 Å². The summed E-state index contributed by atoms with van der Waals surface area (Å²) in [6.45, 7) is 3.21. The Hall–Kier alpha value is -2.05. The lowest BCUT2D eigenvalue weighted by atomic mass is 10.2. The maximum absolute atomic E-state index is 9.95. The molecule has 0 aliphatic carbocycles. The molecule has 0 unspecified atom stereocenters. The molecule has 0 saturated heterocycles. The summed E-state index contributed by atoms with van der Waals surface area (Å²) in [5, 5.41) is 17.5. The van der Waals surface area contributed by atoms with Crippen molar-refractivity contribution in [1.82, 2.24) is 15.1 Å². The zero-order valence-corrected chi connectivity index (χ0v) is 13.2. The van der Waals surface area contributed by atoms with Gasteiger partial charge in [-0.2, -0.15) is 5.10 Å². The van der Waals surface area contributed by atoms with Gasteiger partial charge in [0.25, 0.3) is 0 Å². The monoisotopic (exact) mass is 305 g/mol. The number of aromatic nitrogens is 2. The maximum Gasteiger partial charge on any atom is 0.216 e. The van der Waals surface area contributed by atoms with E-state index in [4.69, 9.17) is 9.47 Å². The summed E-state index contributed by atoms with van der Waals surface area (Å²) in [7, 11) is 3.47. The average Bonchev–Trinajstić information content (AvgIpc) is 2.79. The first-order valence-corrected chi connectivity index (χ1v) is 7.25. The number of hydrogen-bond acceptors (Lipinski definition) is 5. The summed E-state index contributed by atoms with van der Waals surface area (Å²) < 4.78 is 12.6. The fraction of sp³-hybridized carbons (Fsp3) is 0.438. The van der Waals surface area contributed by atoms with Crippen molar-refractivity contribution in [3.63, 3.8) is 0 Å². The molecule has 1 aromatic carbocycles. The van der Waals surface area contributed by atoms with E-state index in [2.05, 4.69) is 10.4 Å². The van der Waals surface area contributed by atoms with Gasteiger partial charge in [0, 0.05) is 20.1 Å². The van der Waals surface area contributed by atoms with E-state index in [9.17, 15) is 5.11 Å². The van der Waals surface area contributed by atoms with Crippen LogP contribution < -0.4 is 14.8 Å². The van der Waals surface area contributed by atoms with E-state index in [1.807, 2.05) is 44.3 Å². The first-order valence-electron chi connectivity index (χ1n) is 7.25. The topological polar surface area (TPSA) is 68.5 Å². The van der Waals surface area contributed by atoms with E-state index in [0.29, 0.717) is 13.1 Å². The molecule has 0 radical (unpaired) electrons. The minimum atomic E-state index is -0.580. The number of nitrogens with zero attached hydrogens (tertiary/aromatic N) is 2. The molecule has 1 aromatic heterocycles. The van der Waals surface area contributed by atoms with Crippen molar-refractivity contribution in [2.75, 3.05) is 20.3 Å². The number of para-hydroxylation sites is 1. The van der Waals surface area contributed by atoms with Crippen molar-refractivity contribution in [2.24, 2.45) is 7.05 Å². The second kappa shape index (κ2) is 7.82. The van der Waals surface area contributed by atoms with Gasteiger partial charge in [0.2, 0.25) is 5.88 Å². The number of hydrogen-bond donors (Lipinski definition) is 2. The number of aliphatic hydroxyl groups is 1. The van der Waals surface area contributed by atoms with Gasteiger partial charge in [0.15, 0.2) is 0 Å². The Kier molecular flexibility index (Phi) is 5.80. The molecule has 1 heterocycles. The Balaban J connectivity index is 1.76. The molecule has 0 aliphatic rings. The second-order valence-electron chi connectivity index (χ2n) is 5.11. The van der Waals surface area contributed by atoms with Gasteiger partial charge in [-0.25, -0.2) is 4.68 Å². The van der Waals surface area contributed by atoms with Crippen LogP contribution in [0.3, 0.4) is 0 Å². The van der Waals surface area contributed by atoms with Crippen LogP contribution in [0.1, 0.15) is 11.3 Å². The summed E-state index contributed by atoms with van der Waals surface area (Å²) in [6, 6.07) is 9.46. The normalized spacial score (nSPS) is 12.2. The number of methoxy groups -OCH3 is 1. The maximum atomic E-state index is 9.95. The third-order valence-electron chi connectivity index (χ3n) is 3.35. The molecule has 2 rings (SSSR count). The van der Waals surface area contributed by atoms with Gasteiger partial charge in [0.1, 0.15) is 18.5 Å². The number of aryl methyl sites for hydroxylation is 2. The highest BCUT2D eigenvalue weighted by molar-refractivity contribution is 5.30. The van der Waals surface area contributed by atoms with Crippen molar-refractivity contribution in [3.05, 3.63) is 41.6 Å². The van der Waals surface area contributed by atoms with Crippen LogP contribution >= 0.6 is 0 Å². The Labute approximate surface area is 130 Å². The van der Waals surface area contributed by atoms with E-state index in [0.717, 1.165) is 22.9 Å². The van der Waals surface area contributed by atoms with Gasteiger partial charge >= 0.3 is 0 Å². The lowest BCUT2D eigenvalue weighted by molar-refractivity contribution is 0.106. The van der Waals surface area contributed by atoms with Crippen LogP contribution in [0, 0.1) is 6.92 Å². The zero-order chi connectivity index (χ0) is 15.9. The molecule has 0 fully saturated rings. The number of rotatable bonds is 8. The number of nitrogens with one attached hydrogen (secondary N) is 1. The van der Waals surface area contributed by atoms with E-state index < -0.39 is 6.10 Å². The lowest BCUT2D eigenvalue weighted by Crippen LogP contribution is -2.31. The van der Waals surface area contributed by atoms with Crippen LogP contribution in [0.15, 0.2) is 30.3 Å². The fourth-order valence-corrected chi connectivity index (χ4v) is 2.27. The molecule has 6 heteroatoms. The Morgan fingerprint density at radius 1 is 1.32 bits per heavy atom. The summed E-state index contributed by atoms with van der Waals surface area (Å²) in [4.78, 5) is 0. The Morgan fingerprint density at radius 3 is 2.73 bits per heavy atom. The van der Waals surface area contributed by atoms with Crippen molar-refractivity contribution < 1.29 is 14.6 Å². The van der Waals surface area contributed by atoms with Crippen LogP contribution in [-0.2, 0) is 13.6 Å². The van der Waals surface area contributed by atoms with E-state index in [1.165, 1.54) is 0 Å². The first-order chi connectivity index (χ1) is 10.6. The van der Waals surface area contributed by atoms with Gasteiger partial charge < -0.3 is 19.9 Å². The molecule has 2 aromatic rings. The molecular formula is C16H23N3O3. The zero-order valence-electron chi connectivity index (χ0n) is 13.2. The third-order valence-corrected chi connectivity index (χ3v) is 3.35. The highest BCUT2D eigenvalue weighted by atomic mass is 16.5. The van der Waals surface area contributed by atoms with Gasteiger partial charge in [-0.05, 0) is 19.1 Å². The van der Waals surface area contributed by atoms with Gasteiger partial charge in [-0.15, -0.1) is 0 Å². The third kappa shape index (κ3) is 4.22. The minimum absolute atomic E-state index is 0.250. The standard InChI is InChI=1S/C16H23N3O3/c1-12-15(16(21-3)19(2)18-12)10-17-9-13(20)11-22-14-7-5-4-6-8-14/h4-8,13,17,20H,9-11H2,1-3H3/t13-/m1/s1. The molecule has 0 aliphatic heterocycles. The summed E-state index contributed by atoms with van der Waals surface area (Å²) in [5.74, 6) is 1.49. The smallest absolute Gasteiger partial charge is 0.216 e. The fourth-order valence-electron chi connectivity index (χ4n) is 2.27. The quantitative estimate of drug-likeness (QED) is 0.768. The molecule has 0 amide bonds. The molecule has 0 bridgehead atoms. The van der Waals surface area contributed by atoms with Crippen molar-refractivity contribution in [2.45, 2.75) is 19.6 Å². The van der Waals surface area contributed by atoms with Crippen LogP contribution in [-0.4, -0.2) is 41.3 Å². The van der Waals surface area contributed by atoms with Crippen LogP contribution in [0.5, 0.6) is 11.6 Å². The molecule has 1 atom stereocenters. The Bertz CT molecular complexity index is 584. The average molecular weight is 305 g/mol. The van der Waals surface area contributed by atoms with Gasteiger partial charge in [0.05, 0.1) is 18.4 Å². The minimum Gasteiger partial charge on any atom is -0.491 e. The van der Waals surface area contributed by atoms with Crippen LogP contribution in [0.25, 0.3) is 0 Å². The van der Waals surface area contributed by atoms with Crippen LogP contribution in [0.2, 0.25) is 0 Å². The molecule has 120 valence electrons. The number of benzene rings is 1. The molecule has 6 nitrogen and oxygen atoms in total. The van der Waals surface area contributed by atoms with Crippen molar-refractivity contribution >= 4 is 0 Å². The van der Waals surface area contributed by atoms with E-state index in [-0.39, 0.29) is 6.61 Å². The SMILES string of the molecule is COc1c(CNC[C@@H](O)COc2ccccc2)c(C)nn1C. The molecule has 22 heavy (non-hydrogen) atoms. The highest BCUT2D eigenvalue weighted by Crippen LogP contribution is 2.20. The van der Waals surface area contributed by atoms with E-state index >= 15 is 0 Å². The van der Waals surface area contributed by atoms with E-state index in [1.54, 1.807) is 11.8 Å².